The Morgan fingerprint density at radius 3 is 2.63 bits per heavy atom. The van der Waals surface area contributed by atoms with Crippen LogP contribution in [0.1, 0.15) is 38.5 Å². The molecule has 0 aromatic rings. The fraction of sp³-hybridized carbons (Fsp3) is 1.00. The van der Waals surface area contributed by atoms with Gasteiger partial charge in [0.1, 0.15) is 0 Å². The van der Waals surface area contributed by atoms with E-state index in [0.29, 0.717) is 6.10 Å². The van der Waals surface area contributed by atoms with Crippen molar-refractivity contribution >= 4 is 0 Å². The minimum absolute atomic E-state index is 0.545. The maximum atomic E-state index is 5.74. The summed E-state index contributed by atoms with van der Waals surface area (Å²) in [7, 11) is 0. The molecule has 1 N–H and O–H groups in total. The molecule has 112 valence electrons. The molecule has 0 spiro atoms. The molecule has 1 atom stereocenters. The number of nitrogens with zero attached hydrogens (tertiary/aromatic N) is 1. The zero-order valence-electron chi connectivity index (χ0n) is 12.2. The van der Waals surface area contributed by atoms with E-state index in [-0.39, 0.29) is 0 Å². The van der Waals surface area contributed by atoms with Crippen molar-refractivity contribution < 1.29 is 9.47 Å². The average molecular weight is 270 g/mol. The summed E-state index contributed by atoms with van der Waals surface area (Å²) in [5.41, 5.74) is 0. The number of hydrogen-bond donors (Lipinski definition) is 1. The van der Waals surface area contributed by atoms with Crippen molar-refractivity contribution in [2.24, 2.45) is 0 Å². The van der Waals surface area contributed by atoms with E-state index in [4.69, 9.17) is 9.47 Å². The fourth-order valence-corrected chi connectivity index (χ4v) is 2.87. The van der Waals surface area contributed by atoms with Gasteiger partial charge in [-0.25, -0.2) is 0 Å². The lowest BCUT2D eigenvalue weighted by Gasteiger charge is -2.26. The number of ether oxygens (including phenoxy) is 2. The summed E-state index contributed by atoms with van der Waals surface area (Å²) in [5, 5.41) is 3.55. The van der Waals surface area contributed by atoms with Crippen molar-refractivity contribution in [3.63, 3.8) is 0 Å². The summed E-state index contributed by atoms with van der Waals surface area (Å²) >= 11 is 0. The van der Waals surface area contributed by atoms with Crippen LogP contribution in [0.4, 0.5) is 0 Å². The first-order chi connectivity index (χ1) is 9.45. The minimum Gasteiger partial charge on any atom is -0.379 e. The molecule has 2 rings (SSSR count). The van der Waals surface area contributed by atoms with Crippen molar-refractivity contribution in [3.05, 3.63) is 0 Å². The fourth-order valence-electron chi connectivity index (χ4n) is 2.87. The van der Waals surface area contributed by atoms with Gasteiger partial charge in [-0.2, -0.15) is 0 Å². The zero-order chi connectivity index (χ0) is 13.2. The molecule has 2 aliphatic heterocycles. The first kappa shape index (κ1) is 15.2. The Balaban J connectivity index is 1.35. The minimum atomic E-state index is 0.545. The predicted molar refractivity (Wildman–Crippen MR) is 77.6 cm³/mol. The van der Waals surface area contributed by atoms with Crippen LogP contribution in [0.5, 0.6) is 0 Å². The van der Waals surface area contributed by atoms with Gasteiger partial charge in [0, 0.05) is 19.7 Å². The summed E-state index contributed by atoms with van der Waals surface area (Å²) in [6, 6.07) is 0. The molecule has 0 aliphatic carbocycles. The summed E-state index contributed by atoms with van der Waals surface area (Å²) in [6.45, 7) is 8.52. The van der Waals surface area contributed by atoms with Crippen LogP contribution in [0.3, 0.4) is 0 Å². The van der Waals surface area contributed by atoms with E-state index in [1.165, 1.54) is 45.1 Å². The monoisotopic (exact) mass is 270 g/mol. The van der Waals surface area contributed by atoms with Crippen LogP contribution in [0.2, 0.25) is 0 Å². The second-order valence-electron chi connectivity index (χ2n) is 5.69. The van der Waals surface area contributed by atoms with Crippen LogP contribution in [0.25, 0.3) is 0 Å². The van der Waals surface area contributed by atoms with Crippen LogP contribution in [0, 0.1) is 0 Å². The van der Waals surface area contributed by atoms with E-state index < -0.39 is 0 Å². The van der Waals surface area contributed by atoms with Gasteiger partial charge < -0.3 is 14.8 Å². The van der Waals surface area contributed by atoms with Gasteiger partial charge in [-0.1, -0.05) is 0 Å². The standard InChI is InChI=1S/C15H30N2O2/c1-2-12-19-15(5-1)6-3-7-16-8-4-9-17-10-13-18-14-11-17/h15-16H,1-14H2. The average Bonchev–Trinajstić information content (AvgIpc) is 2.48. The first-order valence-corrected chi connectivity index (χ1v) is 8.07. The number of rotatable bonds is 8. The summed E-state index contributed by atoms with van der Waals surface area (Å²) < 4.78 is 11.1. The number of hydrogen-bond acceptors (Lipinski definition) is 4. The molecule has 0 radical (unpaired) electrons. The summed E-state index contributed by atoms with van der Waals surface area (Å²) in [4.78, 5) is 2.50. The second kappa shape index (κ2) is 9.70. The molecule has 4 nitrogen and oxygen atoms in total. The largest absolute Gasteiger partial charge is 0.379 e. The Bertz CT molecular complexity index is 192. The van der Waals surface area contributed by atoms with E-state index in [2.05, 4.69) is 10.2 Å². The molecule has 0 bridgehead atoms. The lowest BCUT2D eigenvalue weighted by atomic mass is 10.0. The first-order valence-electron chi connectivity index (χ1n) is 8.07. The Hall–Kier alpha value is -0.160. The van der Waals surface area contributed by atoms with Gasteiger partial charge in [0.15, 0.2) is 0 Å². The van der Waals surface area contributed by atoms with Crippen LogP contribution < -0.4 is 5.32 Å². The zero-order valence-corrected chi connectivity index (χ0v) is 12.2. The lowest BCUT2D eigenvalue weighted by Crippen LogP contribution is -2.37. The quantitative estimate of drug-likeness (QED) is 0.680. The normalized spacial score (nSPS) is 25.6. The highest BCUT2D eigenvalue weighted by atomic mass is 16.5. The van der Waals surface area contributed by atoms with Gasteiger partial charge in [0.05, 0.1) is 19.3 Å². The van der Waals surface area contributed by atoms with E-state index in [0.717, 1.165) is 46.0 Å². The Morgan fingerprint density at radius 1 is 1.00 bits per heavy atom. The third-order valence-corrected chi connectivity index (χ3v) is 4.09. The molecular formula is C15H30N2O2. The highest BCUT2D eigenvalue weighted by molar-refractivity contribution is 4.65. The van der Waals surface area contributed by atoms with Crippen molar-refractivity contribution in [1.29, 1.82) is 0 Å². The Labute approximate surface area is 117 Å². The molecule has 19 heavy (non-hydrogen) atoms. The third-order valence-electron chi connectivity index (χ3n) is 4.09. The molecule has 4 heteroatoms. The SMILES string of the molecule is C1CCC(CCCNCCCN2CCOCC2)OC1. The predicted octanol–water partition coefficient (Wildman–Crippen LogP) is 1.65. The number of nitrogens with one attached hydrogen (secondary N) is 1. The van der Waals surface area contributed by atoms with Gasteiger partial charge in [-0.15, -0.1) is 0 Å². The van der Waals surface area contributed by atoms with Crippen molar-refractivity contribution in [1.82, 2.24) is 10.2 Å². The highest BCUT2D eigenvalue weighted by Gasteiger charge is 2.12. The van der Waals surface area contributed by atoms with Gasteiger partial charge >= 0.3 is 0 Å². The molecular weight excluding hydrogens is 240 g/mol. The Kier molecular flexibility index (Phi) is 7.78. The van der Waals surface area contributed by atoms with Crippen LogP contribution >= 0.6 is 0 Å². The molecule has 0 saturated carbocycles. The third kappa shape index (κ3) is 6.70. The van der Waals surface area contributed by atoms with Crippen molar-refractivity contribution in [3.8, 4) is 0 Å². The van der Waals surface area contributed by atoms with Gasteiger partial charge in [0.25, 0.3) is 0 Å². The molecule has 1 unspecified atom stereocenters. The molecule has 2 heterocycles. The van der Waals surface area contributed by atoms with Gasteiger partial charge in [-0.3, -0.25) is 4.90 Å². The van der Waals surface area contributed by atoms with Crippen molar-refractivity contribution in [2.75, 3.05) is 52.5 Å². The molecule has 2 fully saturated rings. The second-order valence-corrected chi connectivity index (χ2v) is 5.69. The summed E-state index contributed by atoms with van der Waals surface area (Å²) in [5.74, 6) is 0. The highest BCUT2D eigenvalue weighted by Crippen LogP contribution is 2.16. The van der Waals surface area contributed by atoms with Gasteiger partial charge in [0.2, 0.25) is 0 Å². The van der Waals surface area contributed by atoms with Gasteiger partial charge in [-0.05, 0) is 58.2 Å². The molecule has 0 aromatic carbocycles. The summed E-state index contributed by atoms with van der Waals surface area (Å²) in [6.07, 6.45) is 8.17. The van der Waals surface area contributed by atoms with Crippen LogP contribution in [-0.4, -0.2) is 63.5 Å². The topological polar surface area (TPSA) is 33.7 Å². The maximum Gasteiger partial charge on any atom is 0.0594 e. The van der Waals surface area contributed by atoms with E-state index in [1.807, 2.05) is 0 Å². The molecule has 2 saturated heterocycles. The van der Waals surface area contributed by atoms with E-state index >= 15 is 0 Å². The number of morpholine rings is 1. The van der Waals surface area contributed by atoms with Crippen LogP contribution in [0.15, 0.2) is 0 Å². The van der Waals surface area contributed by atoms with E-state index in [9.17, 15) is 0 Å². The molecule has 0 amide bonds. The lowest BCUT2D eigenvalue weighted by molar-refractivity contribution is 0.0102. The molecule has 2 aliphatic rings. The smallest absolute Gasteiger partial charge is 0.0594 e. The van der Waals surface area contributed by atoms with Crippen LogP contribution in [-0.2, 0) is 9.47 Å². The molecule has 0 aromatic heterocycles. The van der Waals surface area contributed by atoms with Crippen molar-refractivity contribution in [2.45, 2.75) is 44.6 Å². The van der Waals surface area contributed by atoms with E-state index in [1.54, 1.807) is 0 Å². The maximum absolute atomic E-state index is 5.74. The Morgan fingerprint density at radius 2 is 1.84 bits per heavy atom.